The molecule has 1 rings (SSSR count). The molecule has 0 N–H and O–H groups in total. The Kier molecular flexibility index (Phi) is 5.25. The van der Waals surface area contributed by atoms with Crippen molar-refractivity contribution in [2.75, 3.05) is 19.6 Å². The van der Waals surface area contributed by atoms with E-state index in [9.17, 15) is 9.59 Å². The lowest BCUT2D eigenvalue weighted by Crippen LogP contribution is -2.56. The fraction of sp³-hybridized carbons (Fsp3) is 0.857. The van der Waals surface area contributed by atoms with E-state index in [1.165, 1.54) is 0 Å². The van der Waals surface area contributed by atoms with Crippen molar-refractivity contribution >= 4 is 12.2 Å². The van der Waals surface area contributed by atoms with Crippen LogP contribution in [0.2, 0.25) is 0 Å². The van der Waals surface area contributed by atoms with Crippen molar-refractivity contribution in [3.05, 3.63) is 0 Å². The first-order chi connectivity index (χ1) is 9.10. The molecule has 1 atom stereocenters. The lowest BCUT2D eigenvalue weighted by Gasteiger charge is -2.39. The van der Waals surface area contributed by atoms with Crippen LogP contribution < -0.4 is 0 Å². The van der Waals surface area contributed by atoms with Crippen LogP contribution in [0.3, 0.4) is 0 Å². The number of rotatable bonds is 1. The molecule has 6 nitrogen and oxygen atoms in total. The van der Waals surface area contributed by atoms with Gasteiger partial charge in [-0.15, -0.1) is 0 Å². The summed E-state index contributed by atoms with van der Waals surface area (Å²) < 4.78 is 10.5. The first-order valence-corrected chi connectivity index (χ1v) is 7.05. The monoisotopic (exact) mass is 286 g/mol. The molecule has 1 aliphatic rings. The molecule has 1 saturated heterocycles. The molecule has 0 aromatic heterocycles. The van der Waals surface area contributed by atoms with E-state index in [1.807, 2.05) is 41.5 Å². The highest BCUT2D eigenvalue weighted by Crippen LogP contribution is 2.15. The zero-order chi connectivity index (χ0) is 15.5. The molecule has 2 amide bonds. The Morgan fingerprint density at radius 3 is 2.20 bits per heavy atom. The Bertz CT molecular complexity index is 363. The fourth-order valence-corrected chi connectivity index (χ4v) is 1.99. The van der Waals surface area contributed by atoms with E-state index in [4.69, 9.17) is 9.47 Å². The van der Waals surface area contributed by atoms with Gasteiger partial charge in [-0.25, -0.2) is 9.59 Å². The van der Waals surface area contributed by atoms with Crippen molar-refractivity contribution in [3.8, 4) is 0 Å². The Morgan fingerprint density at radius 1 is 1.15 bits per heavy atom. The Morgan fingerprint density at radius 2 is 1.75 bits per heavy atom. The molecule has 0 aromatic carbocycles. The molecule has 0 spiro atoms. The predicted molar refractivity (Wildman–Crippen MR) is 75.6 cm³/mol. The number of amides is 2. The van der Waals surface area contributed by atoms with Gasteiger partial charge in [0.05, 0.1) is 12.1 Å². The van der Waals surface area contributed by atoms with Crippen LogP contribution in [-0.4, -0.2) is 59.4 Å². The minimum atomic E-state index is -0.506. The van der Waals surface area contributed by atoms with Gasteiger partial charge in [0.1, 0.15) is 5.60 Å². The minimum Gasteiger partial charge on any atom is -0.447 e. The smallest absolute Gasteiger partial charge is 0.410 e. The number of hydrogen-bond acceptors (Lipinski definition) is 4. The Hall–Kier alpha value is -1.46. The molecule has 1 aliphatic heterocycles. The van der Waals surface area contributed by atoms with Crippen LogP contribution in [0.15, 0.2) is 0 Å². The first-order valence-electron chi connectivity index (χ1n) is 7.05. The lowest BCUT2D eigenvalue weighted by molar-refractivity contribution is 0.000885. The van der Waals surface area contributed by atoms with Crippen LogP contribution in [-0.2, 0) is 9.47 Å². The van der Waals surface area contributed by atoms with Gasteiger partial charge in [0.2, 0.25) is 0 Å². The number of nitrogens with zero attached hydrogens (tertiary/aromatic N) is 2. The van der Waals surface area contributed by atoms with Gasteiger partial charge in [-0.2, -0.15) is 0 Å². The molecular formula is C14H26N2O4. The van der Waals surface area contributed by atoms with Crippen molar-refractivity contribution < 1.29 is 19.1 Å². The number of hydrogen-bond donors (Lipinski definition) is 0. The van der Waals surface area contributed by atoms with Crippen molar-refractivity contribution in [3.63, 3.8) is 0 Å². The number of piperazine rings is 1. The highest BCUT2D eigenvalue weighted by molar-refractivity contribution is 5.71. The number of ether oxygens (including phenoxy) is 2. The summed E-state index contributed by atoms with van der Waals surface area (Å²) in [6.07, 6.45) is -0.795. The van der Waals surface area contributed by atoms with Crippen LogP contribution in [0.4, 0.5) is 9.59 Å². The largest absolute Gasteiger partial charge is 0.447 e. The van der Waals surface area contributed by atoms with Crippen molar-refractivity contribution in [2.45, 2.75) is 59.3 Å². The molecule has 1 unspecified atom stereocenters. The molecule has 116 valence electrons. The van der Waals surface area contributed by atoms with E-state index in [0.717, 1.165) is 0 Å². The van der Waals surface area contributed by atoms with Gasteiger partial charge in [-0.05, 0) is 41.5 Å². The van der Waals surface area contributed by atoms with Crippen LogP contribution in [0.25, 0.3) is 0 Å². The summed E-state index contributed by atoms with van der Waals surface area (Å²) in [5.74, 6) is 0. The summed E-state index contributed by atoms with van der Waals surface area (Å²) in [6.45, 7) is 12.4. The zero-order valence-corrected chi connectivity index (χ0v) is 13.3. The molecular weight excluding hydrogens is 260 g/mol. The molecule has 1 fully saturated rings. The normalized spacial score (nSPS) is 20.1. The summed E-state index contributed by atoms with van der Waals surface area (Å²) in [5.41, 5.74) is -0.506. The van der Waals surface area contributed by atoms with E-state index in [-0.39, 0.29) is 24.3 Å². The van der Waals surface area contributed by atoms with Crippen LogP contribution >= 0.6 is 0 Å². The van der Waals surface area contributed by atoms with Gasteiger partial charge in [0.15, 0.2) is 0 Å². The summed E-state index contributed by atoms with van der Waals surface area (Å²) in [6, 6.07) is -0.0810. The predicted octanol–water partition coefficient (Wildman–Crippen LogP) is 2.47. The zero-order valence-electron chi connectivity index (χ0n) is 13.3. The van der Waals surface area contributed by atoms with Gasteiger partial charge in [-0.3, -0.25) is 0 Å². The van der Waals surface area contributed by atoms with Gasteiger partial charge >= 0.3 is 12.2 Å². The highest BCUT2D eigenvalue weighted by atomic mass is 16.6. The lowest BCUT2D eigenvalue weighted by atomic mass is 10.2. The molecule has 0 aliphatic carbocycles. The standard InChI is InChI=1S/C14H26N2O4/c1-10(2)19-13(18)16-8-7-15(9-11(16)3)12(17)20-14(4,5)6/h10-11H,7-9H2,1-6H3. The first kappa shape index (κ1) is 16.6. The average molecular weight is 286 g/mol. The Labute approximate surface area is 121 Å². The van der Waals surface area contributed by atoms with E-state index in [0.29, 0.717) is 19.6 Å². The molecule has 0 radical (unpaired) electrons. The third kappa shape index (κ3) is 4.90. The van der Waals surface area contributed by atoms with Crippen LogP contribution in [0, 0.1) is 0 Å². The third-order valence-corrected chi connectivity index (χ3v) is 2.85. The average Bonchev–Trinajstić information content (AvgIpc) is 2.25. The van der Waals surface area contributed by atoms with Crippen molar-refractivity contribution in [1.29, 1.82) is 0 Å². The molecule has 20 heavy (non-hydrogen) atoms. The SMILES string of the molecule is CC(C)OC(=O)N1CCN(C(=O)OC(C)(C)C)CC1C. The van der Waals surface area contributed by atoms with Gasteiger partial charge in [0, 0.05) is 19.6 Å². The molecule has 0 saturated carbocycles. The topological polar surface area (TPSA) is 59.1 Å². The second-order valence-corrected chi connectivity index (χ2v) is 6.40. The maximum atomic E-state index is 12.0. The van der Waals surface area contributed by atoms with E-state index >= 15 is 0 Å². The van der Waals surface area contributed by atoms with Crippen LogP contribution in [0.5, 0.6) is 0 Å². The summed E-state index contributed by atoms with van der Waals surface area (Å²) in [4.78, 5) is 27.2. The van der Waals surface area contributed by atoms with Crippen LogP contribution in [0.1, 0.15) is 41.5 Å². The highest BCUT2D eigenvalue weighted by Gasteiger charge is 2.32. The van der Waals surface area contributed by atoms with E-state index in [1.54, 1.807) is 9.80 Å². The van der Waals surface area contributed by atoms with Crippen molar-refractivity contribution in [2.24, 2.45) is 0 Å². The molecule has 1 heterocycles. The van der Waals surface area contributed by atoms with E-state index in [2.05, 4.69) is 0 Å². The van der Waals surface area contributed by atoms with Gasteiger partial charge in [0.25, 0.3) is 0 Å². The Balaban J connectivity index is 2.55. The summed E-state index contributed by atoms with van der Waals surface area (Å²) in [5, 5.41) is 0. The quantitative estimate of drug-likeness (QED) is 0.743. The maximum Gasteiger partial charge on any atom is 0.410 e. The van der Waals surface area contributed by atoms with Gasteiger partial charge in [-0.1, -0.05) is 0 Å². The molecule has 0 bridgehead atoms. The second kappa shape index (κ2) is 6.33. The number of carbonyl (C=O) groups excluding carboxylic acids is 2. The maximum absolute atomic E-state index is 12.0. The number of carbonyl (C=O) groups is 2. The third-order valence-electron chi connectivity index (χ3n) is 2.85. The van der Waals surface area contributed by atoms with Crippen molar-refractivity contribution in [1.82, 2.24) is 9.80 Å². The minimum absolute atomic E-state index is 0.0810. The second-order valence-electron chi connectivity index (χ2n) is 6.40. The summed E-state index contributed by atoms with van der Waals surface area (Å²) >= 11 is 0. The molecule has 6 heteroatoms. The fourth-order valence-electron chi connectivity index (χ4n) is 1.99. The van der Waals surface area contributed by atoms with E-state index < -0.39 is 5.60 Å². The van der Waals surface area contributed by atoms with Gasteiger partial charge < -0.3 is 19.3 Å². The molecule has 0 aromatic rings. The summed E-state index contributed by atoms with van der Waals surface area (Å²) in [7, 11) is 0.